The lowest BCUT2D eigenvalue weighted by Gasteiger charge is -2.21. The zero-order valence-electron chi connectivity index (χ0n) is 16.3. The van der Waals surface area contributed by atoms with Crippen LogP contribution in [0.4, 0.5) is 0 Å². The van der Waals surface area contributed by atoms with Crippen LogP contribution in [0.2, 0.25) is 0 Å². The smallest absolute Gasteiger partial charge is 0.263 e. The first-order chi connectivity index (χ1) is 13.3. The normalized spacial score (nSPS) is 11.9. The summed E-state index contributed by atoms with van der Waals surface area (Å²) in [4.78, 5) is 18.6. The van der Waals surface area contributed by atoms with E-state index in [-0.39, 0.29) is 12.5 Å². The topological polar surface area (TPSA) is 68.5 Å². The molecule has 0 saturated carbocycles. The number of aromatic nitrogens is 2. The summed E-state index contributed by atoms with van der Waals surface area (Å²) >= 11 is 3.43. The molecule has 1 aromatic heterocycles. The zero-order chi connectivity index (χ0) is 20.3. The van der Waals surface area contributed by atoms with Gasteiger partial charge in [-0.1, -0.05) is 45.4 Å². The van der Waals surface area contributed by atoms with Crippen LogP contribution in [-0.2, 0) is 11.3 Å². The van der Waals surface area contributed by atoms with Gasteiger partial charge < -0.3 is 14.2 Å². The van der Waals surface area contributed by atoms with E-state index in [0.29, 0.717) is 17.5 Å². The van der Waals surface area contributed by atoms with Gasteiger partial charge in [0.15, 0.2) is 6.10 Å². The second-order valence-electron chi connectivity index (χ2n) is 6.67. The summed E-state index contributed by atoms with van der Waals surface area (Å²) in [5.74, 6) is 1.40. The molecule has 28 heavy (non-hydrogen) atoms. The second-order valence-corrected chi connectivity index (χ2v) is 7.59. The SMILES string of the molecule is Cc1cccc(O[C@H](C)C(=O)N(C)Cc2nc(-c3cccc(Br)c3)no2)c1C. The van der Waals surface area contributed by atoms with Gasteiger partial charge in [-0.15, -0.1) is 0 Å². The number of amides is 1. The van der Waals surface area contributed by atoms with E-state index < -0.39 is 6.10 Å². The highest BCUT2D eigenvalue weighted by Crippen LogP contribution is 2.23. The highest BCUT2D eigenvalue weighted by Gasteiger charge is 2.22. The fourth-order valence-electron chi connectivity index (χ4n) is 2.75. The lowest BCUT2D eigenvalue weighted by Crippen LogP contribution is -2.37. The highest BCUT2D eigenvalue weighted by atomic mass is 79.9. The number of likely N-dealkylation sites (N-methyl/N-ethyl adjacent to an activating group) is 1. The number of hydrogen-bond donors (Lipinski definition) is 0. The standard InChI is InChI=1S/C21H22BrN3O3/c1-13-7-5-10-18(14(13)2)27-15(3)21(26)25(4)12-19-23-20(24-28-19)16-8-6-9-17(22)11-16/h5-11,15H,12H2,1-4H3/t15-/m1/s1. The highest BCUT2D eigenvalue weighted by molar-refractivity contribution is 9.10. The summed E-state index contributed by atoms with van der Waals surface area (Å²) in [5, 5.41) is 4.00. The summed E-state index contributed by atoms with van der Waals surface area (Å²) < 4.78 is 12.1. The van der Waals surface area contributed by atoms with Crippen molar-refractivity contribution >= 4 is 21.8 Å². The number of ether oxygens (including phenoxy) is 1. The first kappa shape index (κ1) is 20.1. The summed E-state index contributed by atoms with van der Waals surface area (Å²) in [6.45, 7) is 5.94. The number of carbonyl (C=O) groups excluding carboxylic acids is 1. The van der Waals surface area contributed by atoms with Crippen LogP contribution < -0.4 is 4.74 Å². The van der Waals surface area contributed by atoms with Crippen LogP contribution in [0.3, 0.4) is 0 Å². The molecular weight excluding hydrogens is 422 g/mol. The number of halogens is 1. The molecule has 0 fully saturated rings. The molecule has 0 aliphatic heterocycles. The second kappa shape index (κ2) is 8.56. The zero-order valence-corrected chi connectivity index (χ0v) is 17.9. The van der Waals surface area contributed by atoms with E-state index in [4.69, 9.17) is 9.26 Å². The van der Waals surface area contributed by atoms with Crippen molar-refractivity contribution < 1.29 is 14.1 Å². The minimum atomic E-state index is -0.627. The van der Waals surface area contributed by atoms with Crippen molar-refractivity contribution in [2.45, 2.75) is 33.4 Å². The Morgan fingerprint density at radius 3 is 2.75 bits per heavy atom. The van der Waals surface area contributed by atoms with Crippen LogP contribution in [0.25, 0.3) is 11.4 Å². The van der Waals surface area contributed by atoms with Crippen LogP contribution in [0.15, 0.2) is 51.5 Å². The fraction of sp³-hybridized carbons (Fsp3) is 0.286. The van der Waals surface area contributed by atoms with E-state index >= 15 is 0 Å². The summed E-state index contributed by atoms with van der Waals surface area (Å²) in [7, 11) is 1.69. The van der Waals surface area contributed by atoms with Gasteiger partial charge in [0, 0.05) is 17.1 Å². The van der Waals surface area contributed by atoms with Gasteiger partial charge in [0.05, 0.1) is 6.54 Å². The molecule has 0 aliphatic carbocycles. The van der Waals surface area contributed by atoms with E-state index in [1.54, 1.807) is 14.0 Å². The first-order valence-corrected chi connectivity index (χ1v) is 9.71. The molecule has 2 aromatic carbocycles. The molecule has 0 spiro atoms. The van der Waals surface area contributed by atoms with Gasteiger partial charge in [-0.05, 0) is 50.1 Å². The molecule has 1 heterocycles. The average molecular weight is 444 g/mol. The minimum Gasteiger partial charge on any atom is -0.481 e. The van der Waals surface area contributed by atoms with Crippen molar-refractivity contribution in [2.75, 3.05) is 7.05 Å². The third kappa shape index (κ3) is 4.59. The van der Waals surface area contributed by atoms with Gasteiger partial charge in [-0.25, -0.2) is 0 Å². The number of nitrogens with zero attached hydrogens (tertiary/aromatic N) is 3. The number of aryl methyl sites for hydroxylation is 1. The van der Waals surface area contributed by atoms with Crippen LogP contribution >= 0.6 is 15.9 Å². The van der Waals surface area contributed by atoms with E-state index in [1.165, 1.54) is 4.90 Å². The van der Waals surface area contributed by atoms with Gasteiger partial charge in [0.25, 0.3) is 5.91 Å². The molecule has 7 heteroatoms. The molecule has 0 unspecified atom stereocenters. The molecule has 0 aliphatic rings. The Labute approximate surface area is 172 Å². The molecule has 0 saturated heterocycles. The molecule has 0 bridgehead atoms. The quantitative estimate of drug-likeness (QED) is 0.559. The number of hydrogen-bond acceptors (Lipinski definition) is 5. The largest absolute Gasteiger partial charge is 0.481 e. The summed E-state index contributed by atoms with van der Waals surface area (Å²) in [6, 6.07) is 13.4. The van der Waals surface area contributed by atoms with Gasteiger partial charge in [0.1, 0.15) is 5.75 Å². The lowest BCUT2D eigenvalue weighted by atomic mass is 10.1. The van der Waals surface area contributed by atoms with Gasteiger partial charge in [0.2, 0.25) is 11.7 Å². The van der Waals surface area contributed by atoms with Gasteiger partial charge in [-0.2, -0.15) is 4.98 Å². The van der Waals surface area contributed by atoms with E-state index in [9.17, 15) is 4.79 Å². The van der Waals surface area contributed by atoms with Crippen molar-refractivity contribution in [1.82, 2.24) is 15.0 Å². The Balaban J connectivity index is 1.65. The Hall–Kier alpha value is -2.67. The molecule has 0 N–H and O–H groups in total. The lowest BCUT2D eigenvalue weighted by molar-refractivity contribution is -0.137. The van der Waals surface area contributed by atoms with Crippen molar-refractivity contribution in [3.05, 3.63) is 64.0 Å². The number of carbonyl (C=O) groups is 1. The third-order valence-electron chi connectivity index (χ3n) is 4.51. The number of benzene rings is 2. The van der Waals surface area contributed by atoms with Gasteiger partial charge in [-0.3, -0.25) is 4.79 Å². The van der Waals surface area contributed by atoms with Crippen LogP contribution in [0.1, 0.15) is 23.9 Å². The van der Waals surface area contributed by atoms with Crippen molar-refractivity contribution in [3.8, 4) is 17.1 Å². The molecule has 1 atom stereocenters. The maximum atomic E-state index is 12.7. The van der Waals surface area contributed by atoms with E-state index in [1.807, 2.05) is 56.3 Å². The van der Waals surface area contributed by atoms with Crippen LogP contribution in [-0.4, -0.2) is 34.1 Å². The Morgan fingerprint density at radius 1 is 1.25 bits per heavy atom. The first-order valence-electron chi connectivity index (χ1n) is 8.91. The predicted molar refractivity (Wildman–Crippen MR) is 110 cm³/mol. The molecule has 6 nitrogen and oxygen atoms in total. The molecule has 1 amide bonds. The Kier molecular flexibility index (Phi) is 6.14. The molecule has 3 aromatic rings. The Morgan fingerprint density at radius 2 is 2.00 bits per heavy atom. The van der Waals surface area contributed by atoms with Gasteiger partial charge >= 0.3 is 0 Å². The maximum Gasteiger partial charge on any atom is 0.263 e. The molecule has 3 rings (SSSR count). The van der Waals surface area contributed by atoms with Crippen LogP contribution in [0, 0.1) is 13.8 Å². The number of rotatable bonds is 6. The van der Waals surface area contributed by atoms with E-state index in [0.717, 1.165) is 21.2 Å². The monoisotopic (exact) mass is 443 g/mol. The summed E-state index contributed by atoms with van der Waals surface area (Å²) in [6.07, 6.45) is -0.627. The summed E-state index contributed by atoms with van der Waals surface area (Å²) in [5.41, 5.74) is 2.99. The maximum absolute atomic E-state index is 12.7. The van der Waals surface area contributed by atoms with Crippen molar-refractivity contribution in [2.24, 2.45) is 0 Å². The van der Waals surface area contributed by atoms with Crippen molar-refractivity contribution in [3.63, 3.8) is 0 Å². The molecule has 146 valence electrons. The molecular formula is C21H22BrN3O3. The Bertz CT molecular complexity index is 987. The fourth-order valence-corrected chi connectivity index (χ4v) is 3.15. The average Bonchev–Trinajstić information content (AvgIpc) is 3.13. The van der Waals surface area contributed by atoms with Crippen LogP contribution in [0.5, 0.6) is 5.75 Å². The van der Waals surface area contributed by atoms with Crippen molar-refractivity contribution in [1.29, 1.82) is 0 Å². The predicted octanol–water partition coefficient (Wildman–Crippen LogP) is 4.54. The third-order valence-corrected chi connectivity index (χ3v) is 5.00. The minimum absolute atomic E-state index is 0.164. The van der Waals surface area contributed by atoms with E-state index in [2.05, 4.69) is 26.1 Å². The molecule has 0 radical (unpaired) electrons.